The molecule has 1 aromatic carbocycles. The molecule has 6 heteroatoms. The van der Waals surface area contributed by atoms with Crippen LogP contribution in [-0.4, -0.2) is 29.9 Å². The second-order valence-corrected chi connectivity index (χ2v) is 3.79. The first-order chi connectivity index (χ1) is 9.04. The van der Waals surface area contributed by atoms with E-state index in [1.54, 1.807) is 18.2 Å². The molecule has 102 valence electrons. The Bertz CT molecular complexity index is 471. The average Bonchev–Trinajstić information content (AvgIpc) is 2.37. The first kappa shape index (κ1) is 14.8. The molecule has 3 N–H and O–H groups in total. The molecule has 0 saturated heterocycles. The summed E-state index contributed by atoms with van der Waals surface area (Å²) < 4.78 is 12.7. The standard InChI is InChI=1S/C13H16FN3O2/c1-10(18)17(9-7-15)13(19)16-8-6-11-2-4-12(14)5-3-11/h2-6,8H,7,9,15H2,1H3,(H,16,19)/b8-6+. The maximum atomic E-state index is 12.7. The quantitative estimate of drug-likeness (QED) is 0.862. The van der Waals surface area contributed by atoms with Gasteiger partial charge in [-0.05, 0) is 23.8 Å². The van der Waals surface area contributed by atoms with E-state index in [0.717, 1.165) is 10.5 Å². The molecular formula is C13H16FN3O2. The van der Waals surface area contributed by atoms with E-state index >= 15 is 0 Å². The van der Waals surface area contributed by atoms with Gasteiger partial charge in [-0.15, -0.1) is 0 Å². The minimum Gasteiger partial charge on any atom is -0.329 e. The van der Waals surface area contributed by atoms with Gasteiger partial charge in [-0.25, -0.2) is 9.18 Å². The molecule has 0 atom stereocenters. The van der Waals surface area contributed by atoms with Gasteiger partial charge in [0.1, 0.15) is 5.82 Å². The van der Waals surface area contributed by atoms with Crippen LogP contribution in [0.15, 0.2) is 30.5 Å². The Morgan fingerprint density at radius 1 is 1.37 bits per heavy atom. The second kappa shape index (κ2) is 7.27. The highest BCUT2D eigenvalue weighted by molar-refractivity contribution is 5.93. The average molecular weight is 265 g/mol. The Kier molecular flexibility index (Phi) is 5.69. The van der Waals surface area contributed by atoms with Crippen molar-refractivity contribution >= 4 is 18.0 Å². The third kappa shape index (κ3) is 4.89. The number of hydrogen-bond acceptors (Lipinski definition) is 3. The van der Waals surface area contributed by atoms with E-state index in [0.29, 0.717) is 0 Å². The number of imide groups is 1. The predicted octanol–water partition coefficient (Wildman–Crippen LogP) is 1.31. The van der Waals surface area contributed by atoms with Crippen LogP contribution in [0, 0.1) is 5.82 Å². The largest absolute Gasteiger partial charge is 0.329 e. The highest BCUT2D eigenvalue weighted by atomic mass is 19.1. The van der Waals surface area contributed by atoms with Crippen LogP contribution in [0.1, 0.15) is 12.5 Å². The fraction of sp³-hybridized carbons (Fsp3) is 0.231. The summed E-state index contributed by atoms with van der Waals surface area (Å²) in [6.07, 6.45) is 2.99. The van der Waals surface area contributed by atoms with Crippen molar-refractivity contribution in [3.8, 4) is 0 Å². The van der Waals surface area contributed by atoms with Crippen molar-refractivity contribution in [3.63, 3.8) is 0 Å². The van der Waals surface area contributed by atoms with Gasteiger partial charge in [0.25, 0.3) is 0 Å². The zero-order valence-corrected chi connectivity index (χ0v) is 10.6. The summed E-state index contributed by atoms with van der Waals surface area (Å²) in [5.41, 5.74) is 6.04. The number of urea groups is 1. The van der Waals surface area contributed by atoms with Gasteiger partial charge in [0, 0.05) is 26.2 Å². The number of nitrogens with two attached hydrogens (primary N) is 1. The molecule has 19 heavy (non-hydrogen) atoms. The number of carbonyl (C=O) groups excluding carboxylic acids is 2. The van der Waals surface area contributed by atoms with Crippen molar-refractivity contribution in [3.05, 3.63) is 41.8 Å². The van der Waals surface area contributed by atoms with Crippen LogP contribution < -0.4 is 11.1 Å². The first-order valence-electron chi connectivity index (χ1n) is 5.75. The summed E-state index contributed by atoms with van der Waals surface area (Å²) >= 11 is 0. The molecule has 0 saturated carbocycles. The SMILES string of the molecule is CC(=O)N(CCN)C(=O)N/C=C/c1ccc(F)cc1. The highest BCUT2D eigenvalue weighted by Crippen LogP contribution is 2.03. The smallest absolute Gasteiger partial charge is 0.328 e. The summed E-state index contributed by atoms with van der Waals surface area (Å²) in [4.78, 5) is 23.8. The summed E-state index contributed by atoms with van der Waals surface area (Å²) in [5, 5.41) is 2.45. The second-order valence-electron chi connectivity index (χ2n) is 3.79. The molecular weight excluding hydrogens is 249 g/mol. The number of carbonyl (C=O) groups is 2. The molecule has 1 rings (SSSR count). The molecule has 0 bridgehead atoms. The molecule has 0 radical (unpaired) electrons. The van der Waals surface area contributed by atoms with Crippen molar-refractivity contribution in [1.82, 2.24) is 10.2 Å². The third-order valence-corrected chi connectivity index (χ3v) is 2.33. The molecule has 0 aliphatic heterocycles. The van der Waals surface area contributed by atoms with Crippen LogP contribution >= 0.6 is 0 Å². The predicted molar refractivity (Wildman–Crippen MR) is 70.4 cm³/mol. The Hall–Kier alpha value is -2.21. The number of nitrogens with zero attached hydrogens (tertiary/aromatic N) is 1. The Labute approximate surface area is 110 Å². The molecule has 0 spiro atoms. The topological polar surface area (TPSA) is 75.4 Å². The van der Waals surface area contributed by atoms with Gasteiger partial charge >= 0.3 is 6.03 Å². The number of benzene rings is 1. The van der Waals surface area contributed by atoms with E-state index in [2.05, 4.69) is 5.32 Å². The summed E-state index contributed by atoms with van der Waals surface area (Å²) in [6.45, 7) is 1.65. The van der Waals surface area contributed by atoms with Gasteiger partial charge in [0.2, 0.25) is 5.91 Å². The lowest BCUT2D eigenvalue weighted by atomic mass is 10.2. The molecule has 0 unspecified atom stereocenters. The Morgan fingerprint density at radius 2 is 2.00 bits per heavy atom. The van der Waals surface area contributed by atoms with Crippen LogP contribution in [-0.2, 0) is 4.79 Å². The molecule has 3 amide bonds. The normalized spacial score (nSPS) is 10.5. The molecule has 0 fully saturated rings. The van der Waals surface area contributed by atoms with Crippen LogP contribution in [0.4, 0.5) is 9.18 Å². The van der Waals surface area contributed by atoms with E-state index in [4.69, 9.17) is 5.73 Å². The van der Waals surface area contributed by atoms with Gasteiger partial charge in [0.15, 0.2) is 0 Å². The maximum absolute atomic E-state index is 12.7. The summed E-state index contributed by atoms with van der Waals surface area (Å²) in [7, 11) is 0. The maximum Gasteiger partial charge on any atom is 0.328 e. The van der Waals surface area contributed by atoms with Gasteiger partial charge < -0.3 is 11.1 Å². The first-order valence-corrected chi connectivity index (χ1v) is 5.75. The van der Waals surface area contributed by atoms with Crippen molar-refractivity contribution in [2.45, 2.75) is 6.92 Å². The minimum absolute atomic E-state index is 0.158. The van der Waals surface area contributed by atoms with E-state index in [9.17, 15) is 14.0 Å². The van der Waals surface area contributed by atoms with Crippen molar-refractivity contribution < 1.29 is 14.0 Å². The van der Waals surface area contributed by atoms with E-state index < -0.39 is 6.03 Å². The van der Waals surface area contributed by atoms with Crippen molar-refractivity contribution in [1.29, 1.82) is 0 Å². The van der Waals surface area contributed by atoms with Crippen LogP contribution in [0.25, 0.3) is 6.08 Å². The van der Waals surface area contributed by atoms with Crippen molar-refractivity contribution in [2.75, 3.05) is 13.1 Å². The minimum atomic E-state index is -0.545. The Morgan fingerprint density at radius 3 is 2.53 bits per heavy atom. The zero-order valence-electron chi connectivity index (χ0n) is 10.6. The number of hydrogen-bond donors (Lipinski definition) is 2. The van der Waals surface area contributed by atoms with Gasteiger partial charge in [-0.2, -0.15) is 0 Å². The molecule has 0 heterocycles. The van der Waals surface area contributed by atoms with Crippen molar-refractivity contribution in [2.24, 2.45) is 5.73 Å². The zero-order chi connectivity index (χ0) is 14.3. The van der Waals surface area contributed by atoms with E-state index in [1.165, 1.54) is 25.3 Å². The number of halogens is 1. The number of nitrogens with one attached hydrogen (secondary N) is 1. The van der Waals surface area contributed by atoms with E-state index in [-0.39, 0.29) is 24.8 Å². The molecule has 1 aromatic rings. The molecule has 0 aliphatic rings. The van der Waals surface area contributed by atoms with Gasteiger partial charge in [0.05, 0.1) is 0 Å². The van der Waals surface area contributed by atoms with E-state index in [1.807, 2.05) is 0 Å². The van der Waals surface area contributed by atoms with Crippen LogP contribution in [0.2, 0.25) is 0 Å². The highest BCUT2D eigenvalue weighted by Gasteiger charge is 2.15. The fourth-order valence-electron chi connectivity index (χ4n) is 1.39. The summed E-state index contributed by atoms with van der Waals surface area (Å²) in [5.74, 6) is -0.704. The lowest BCUT2D eigenvalue weighted by molar-refractivity contribution is -0.125. The molecule has 5 nitrogen and oxygen atoms in total. The number of amides is 3. The lowest BCUT2D eigenvalue weighted by Crippen LogP contribution is -2.43. The monoisotopic (exact) mass is 265 g/mol. The van der Waals surface area contributed by atoms with Gasteiger partial charge in [-0.1, -0.05) is 12.1 Å². The lowest BCUT2D eigenvalue weighted by Gasteiger charge is -2.17. The van der Waals surface area contributed by atoms with Gasteiger partial charge in [-0.3, -0.25) is 9.69 Å². The van der Waals surface area contributed by atoms with Crippen LogP contribution in [0.3, 0.4) is 0 Å². The fourth-order valence-corrected chi connectivity index (χ4v) is 1.39. The molecule has 0 aliphatic carbocycles. The summed E-state index contributed by atoms with van der Waals surface area (Å²) in [6, 6.07) is 5.23. The number of rotatable bonds is 4. The third-order valence-electron chi connectivity index (χ3n) is 2.33. The van der Waals surface area contributed by atoms with Crippen LogP contribution in [0.5, 0.6) is 0 Å². The Balaban J connectivity index is 2.57. The molecule has 0 aromatic heterocycles.